The highest BCUT2D eigenvalue weighted by Crippen LogP contribution is 2.32. The van der Waals surface area contributed by atoms with Crippen LogP contribution in [0, 0.1) is 0 Å². The van der Waals surface area contributed by atoms with Crippen LogP contribution < -0.4 is 5.32 Å². The molecule has 94 valence electrons. The van der Waals surface area contributed by atoms with Crippen molar-refractivity contribution in [3.63, 3.8) is 0 Å². The number of hydrogen-bond acceptors (Lipinski definition) is 1. The molecule has 1 aromatic heterocycles. The first-order valence-electron chi connectivity index (χ1n) is 6.65. The molecule has 1 unspecified atom stereocenters. The maximum Gasteiger partial charge on any atom is 0.456 e. The van der Waals surface area contributed by atoms with Gasteiger partial charge in [-0.15, -0.1) is 0 Å². The minimum atomic E-state index is -0.379. The van der Waals surface area contributed by atoms with E-state index < -0.39 is 0 Å². The van der Waals surface area contributed by atoms with Crippen LogP contribution in [0.3, 0.4) is 0 Å². The van der Waals surface area contributed by atoms with E-state index in [1.54, 1.807) is 0 Å². The van der Waals surface area contributed by atoms with Crippen molar-refractivity contribution >= 4 is 25.8 Å². The second-order valence-electron chi connectivity index (χ2n) is 4.95. The Morgan fingerprint density at radius 1 is 1.11 bits per heavy atom. The molecule has 2 nitrogen and oxygen atoms in total. The highest BCUT2D eigenvalue weighted by atomic mass is 32.2. The molecule has 1 fully saturated rings. The van der Waals surface area contributed by atoms with Gasteiger partial charge < -0.3 is 5.32 Å². The Bertz CT molecular complexity index is 554. The van der Waals surface area contributed by atoms with Crippen molar-refractivity contribution in [3.8, 4) is 0 Å². The fraction of sp³-hybridized carbons (Fsp3) is 0.400. The van der Waals surface area contributed by atoms with E-state index in [9.17, 15) is 4.79 Å². The fourth-order valence-electron chi connectivity index (χ4n) is 2.67. The number of nitrogens with one attached hydrogen (secondary N) is 1. The fourth-order valence-corrected chi connectivity index (χ4v) is 4.33. The Hall–Kier alpha value is -1.35. The molecule has 0 spiro atoms. The molecule has 18 heavy (non-hydrogen) atoms. The van der Waals surface area contributed by atoms with Gasteiger partial charge in [-0.1, -0.05) is 31.4 Å². The third kappa shape index (κ3) is 2.27. The Balaban J connectivity index is 1.79. The highest BCUT2D eigenvalue weighted by molar-refractivity contribution is 7.54. The average Bonchev–Trinajstić information content (AvgIpc) is 2.84. The van der Waals surface area contributed by atoms with Crippen LogP contribution in [0.5, 0.6) is 0 Å². The minimum absolute atomic E-state index is 0.197. The smallest absolute Gasteiger partial charge is 0.304 e. The lowest BCUT2D eigenvalue weighted by molar-refractivity contribution is 0.252. The summed E-state index contributed by atoms with van der Waals surface area (Å²) in [7, 11) is -0.379. The van der Waals surface area contributed by atoms with Crippen LogP contribution in [0.4, 0.5) is 4.79 Å². The van der Waals surface area contributed by atoms with Crippen molar-refractivity contribution in [2.45, 2.75) is 38.1 Å². The van der Waals surface area contributed by atoms with Crippen LogP contribution in [0.2, 0.25) is 0 Å². The van der Waals surface area contributed by atoms with Gasteiger partial charge in [0.1, 0.15) is 5.38 Å². The number of hydrogen-bond donors (Lipinski definition) is 1. The number of fused-ring (bicyclic) bond motifs is 1. The van der Waals surface area contributed by atoms with Gasteiger partial charge in [0.15, 0.2) is 4.70 Å². The van der Waals surface area contributed by atoms with Crippen LogP contribution in [-0.4, -0.2) is 11.3 Å². The highest BCUT2D eigenvalue weighted by Gasteiger charge is 2.25. The summed E-state index contributed by atoms with van der Waals surface area (Å²) < 4.78 is 1.17. The zero-order valence-corrected chi connectivity index (χ0v) is 11.2. The molecule has 0 bridgehead atoms. The largest absolute Gasteiger partial charge is 0.456 e. The molecule has 0 radical (unpaired) electrons. The van der Waals surface area contributed by atoms with Crippen molar-refractivity contribution in [3.05, 3.63) is 35.7 Å². The van der Waals surface area contributed by atoms with Crippen LogP contribution in [0.15, 0.2) is 35.7 Å². The van der Waals surface area contributed by atoms with Gasteiger partial charge in [0.05, 0.1) is 10.5 Å². The van der Waals surface area contributed by atoms with Gasteiger partial charge in [-0.25, -0.2) is 4.79 Å². The summed E-state index contributed by atoms with van der Waals surface area (Å²) in [5.41, 5.74) is 0. The van der Waals surface area contributed by atoms with Gasteiger partial charge in [0, 0.05) is 17.5 Å². The molecule has 1 aliphatic rings. The quantitative estimate of drug-likeness (QED) is 0.792. The Morgan fingerprint density at radius 2 is 1.89 bits per heavy atom. The standard InChI is InChI=1S/C15H17NOS/c17-15(16-13-7-2-1-3-8-13)18-11-10-12-6-4-5-9-14(12)18/h4-6,9-11,13H,1-3,7-8H2/p+1. The molecular weight excluding hydrogens is 242 g/mol. The summed E-state index contributed by atoms with van der Waals surface area (Å²) in [5, 5.41) is 6.66. The van der Waals surface area contributed by atoms with E-state index in [0.717, 1.165) is 12.8 Å². The Kier molecular flexibility index (Phi) is 3.33. The lowest BCUT2D eigenvalue weighted by atomic mass is 9.96. The molecule has 1 N–H and O–H groups in total. The molecule has 0 aliphatic heterocycles. The topological polar surface area (TPSA) is 29.1 Å². The second-order valence-corrected chi connectivity index (χ2v) is 6.70. The van der Waals surface area contributed by atoms with Crippen LogP contribution >= 0.6 is 10.5 Å². The first kappa shape index (κ1) is 11.7. The first-order valence-corrected chi connectivity index (χ1v) is 7.94. The molecule has 3 rings (SSSR count). The molecule has 2 aromatic rings. The Labute approximate surface area is 110 Å². The van der Waals surface area contributed by atoms with Crippen molar-refractivity contribution in [2.75, 3.05) is 0 Å². The maximum absolute atomic E-state index is 12.3. The first-order chi connectivity index (χ1) is 8.84. The van der Waals surface area contributed by atoms with Crippen molar-refractivity contribution < 1.29 is 4.79 Å². The lowest BCUT2D eigenvalue weighted by Gasteiger charge is -2.20. The van der Waals surface area contributed by atoms with E-state index in [2.05, 4.69) is 23.5 Å². The van der Waals surface area contributed by atoms with Gasteiger partial charge in [-0.3, -0.25) is 0 Å². The summed E-state index contributed by atoms with van der Waals surface area (Å²) in [6, 6.07) is 10.7. The molecule has 3 heteroatoms. The van der Waals surface area contributed by atoms with Gasteiger partial charge in [0.25, 0.3) is 0 Å². The average molecular weight is 260 g/mol. The van der Waals surface area contributed by atoms with Crippen molar-refractivity contribution in [2.24, 2.45) is 0 Å². The molecule has 1 saturated carbocycles. The number of benzene rings is 1. The van der Waals surface area contributed by atoms with E-state index in [1.807, 2.05) is 17.5 Å². The van der Waals surface area contributed by atoms with Crippen LogP contribution in [0.25, 0.3) is 10.1 Å². The zero-order valence-electron chi connectivity index (χ0n) is 10.4. The third-order valence-electron chi connectivity index (χ3n) is 3.67. The summed E-state index contributed by atoms with van der Waals surface area (Å²) >= 11 is 0. The normalized spacial score (nSPS) is 17.9. The molecule has 0 saturated heterocycles. The number of carbonyl (C=O) groups excluding carboxylic acids is 1. The van der Waals surface area contributed by atoms with Gasteiger partial charge in [0.2, 0.25) is 0 Å². The summed E-state index contributed by atoms with van der Waals surface area (Å²) in [4.78, 5) is 12.3. The predicted octanol–water partition coefficient (Wildman–Crippen LogP) is 4.48. The van der Waals surface area contributed by atoms with Gasteiger partial charge >= 0.3 is 5.24 Å². The second kappa shape index (κ2) is 5.11. The number of thiophene rings is 1. The lowest BCUT2D eigenvalue weighted by Crippen LogP contribution is -2.33. The molecular formula is C15H18NOS+. The van der Waals surface area contributed by atoms with Crippen LogP contribution in [-0.2, 0) is 0 Å². The van der Waals surface area contributed by atoms with Gasteiger partial charge in [-0.2, -0.15) is 0 Å². The SMILES string of the molecule is O=C(NC1CCCCC1)[s+]1ccc2ccccc21. The number of amides is 1. The summed E-state index contributed by atoms with van der Waals surface area (Å²) in [6.45, 7) is 0. The van der Waals surface area contributed by atoms with Crippen molar-refractivity contribution in [1.29, 1.82) is 0 Å². The van der Waals surface area contributed by atoms with E-state index in [4.69, 9.17) is 0 Å². The Morgan fingerprint density at radius 3 is 2.72 bits per heavy atom. The molecule has 1 aromatic carbocycles. The van der Waals surface area contributed by atoms with Crippen molar-refractivity contribution in [1.82, 2.24) is 5.32 Å². The van der Waals surface area contributed by atoms with Crippen LogP contribution in [0.1, 0.15) is 32.1 Å². The number of rotatable bonds is 2. The maximum atomic E-state index is 12.3. The molecule has 1 aliphatic carbocycles. The van der Waals surface area contributed by atoms with E-state index in [1.165, 1.54) is 29.3 Å². The molecule has 1 amide bonds. The third-order valence-corrected chi connectivity index (χ3v) is 5.44. The number of carbonyl (C=O) groups is 1. The van der Waals surface area contributed by atoms with E-state index in [0.29, 0.717) is 6.04 Å². The molecule has 1 heterocycles. The summed E-state index contributed by atoms with van der Waals surface area (Å²) in [5.74, 6) is 0. The van der Waals surface area contributed by atoms with E-state index in [-0.39, 0.29) is 15.7 Å². The minimum Gasteiger partial charge on any atom is -0.304 e. The molecule has 1 atom stereocenters. The van der Waals surface area contributed by atoms with E-state index >= 15 is 0 Å². The van der Waals surface area contributed by atoms with Gasteiger partial charge in [-0.05, 0) is 25.0 Å². The zero-order chi connectivity index (χ0) is 12.4. The summed E-state index contributed by atoms with van der Waals surface area (Å²) in [6.07, 6.45) is 6.12. The monoisotopic (exact) mass is 260 g/mol. The predicted molar refractivity (Wildman–Crippen MR) is 77.2 cm³/mol.